The summed E-state index contributed by atoms with van der Waals surface area (Å²) in [5.41, 5.74) is 2.59. The Kier molecular flexibility index (Phi) is 21.8. The van der Waals surface area contributed by atoms with Gasteiger partial charge in [0.15, 0.2) is 0 Å². The fourth-order valence-corrected chi connectivity index (χ4v) is 4.36. The normalized spacial score (nSPS) is 12.0. The molecule has 29 heavy (non-hydrogen) atoms. The maximum absolute atomic E-state index is 9.71. The number of unbranched alkanes of at least 4 members (excludes halogenated alkanes) is 4. The van der Waals surface area contributed by atoms with Gasteiger partial charge in [0.25, 0.3) is 0 Å². The van der Waals surface area contributed by atoms with Crippen LogP contribution in [0.4, 0.5) is 0 Å². The summed E-state index contributed by atoms with van der Waals surface area (Å²) in [6.07, 6.45) is 18.5. The van der Waals surface area contributed by atoms with Gasteiger partial charge in [0.05, 0.1) is 0 Å². The van der Waals surface area contributed by atoms with Crippen molar-refractivity contribution in [1.29, 1.82) is 0 Å². The van der Waals surface area contributed by atoms with Crippen molar-refractivity contribution in [2.45, 2.75) is 91.3 Å². The van der Waals surface area contributed by atoms with Crippen molar-refractivity contribution < 1.29 is 26.8 Å². The Morgan fingerprint density at radius 3 is 1.66 bits per heavy atom. The number of phenols is 1. The van der Waals surface area contributed by atoms with Gasteiger partial charge in [-0.25, -0.2) is 11.3 Å². The van der Waals surface area contributed by atoms with Crippen molar-refractivity contribution in [3.8, 4) is 5.75 Å². The number of phenolic OH excluding ortho intramolecular Hbond substituents is 1. The molecule has 0 bridgehead atoms. The Morgan fingerprint density at radius 1 is 0.862 bits per heavy atom. The Balaban J connectivity index is -0.000000485. The van der Waals surface area contributed by atoms with Crippen LogP contribution in [0.2, 0.25) is 19.6 Å². The summed E-state index contributed by atoms with van der Waals surface area (Å²) in [5.74, 6) is 0.436. The minimum atomic E-state index is -1.01. The van der Waals surface area contributed by atoms with Crippen LogP contribution in [0.3, 0.4) is 0 Å². The van der Waals surface area contributed by atoms with Gasteiger partial charge in [-0.1, -0.05) is 65.2 Å². The number of benzene rings is 1. The van der Waals surface area contributed by atoms with Crippen molar-refractivity contribution in [2.24, 2.45) is 0 Å². The maximum atomic E-state index is 9.71. The molecule has 1 aromatic rings. The summed E-state index contributed by atoms with van der Waals surface area (Å²) in [6, 6.07) is 6.10. The molecular formula is C24H41Cl2OSiTi-. The Morgan fingerprint density at radius 2 is 1.34 bits per heavy atom. The smallest absolute Gasteiger partial charge is 0.116 e. The van der Waals surface area contributed by atoms with E-state index in [2.05, 4.69) is 57.8 Å². The van der Waals surface area contributed by atoms with Crippen LogP contribution in [0.25, 0.3) is 0 Å². The second-order valence-corrected chi connectivity index (χ2v) is 13.4. The number of aryl methyl sites for hydroxylation is 2. The predicted molar refractivity (Wildman–Crippen MR) is 133 cm³/mol. The minimum absolute atomic E-state index is 0. The van der Waals surface area contributed by atoms with E-state index in [4.69, 9.17) is 0 Å². The van der Waals surface area contributed by atoms with Crippen LogP contribution in [0.15, 0.2) is 35.5 Å². The number of rotatable bonds is 9. The number of halogens is 2. The molecule has 0 radical (unpaired) electrons. The van der Waals surface area contributed by atoms with E-state index in [1.165, 1.54) is 54.8 Å². The fraction of sp³-hybridized carbons (Fsp3) is 0.583. The van der Waals surface area contributed by atoms with Crippen molar-refractivity contribution >= 4 is 32.9 Å². The molecule has 0 atom stereocenters. The maximum Gasteiger partial charge on any atom is 0.116 e. The second kappa shape index (κ2) is 18.8. The van der Waals surface area contributed by atoms with Gasteiger partial charge in [0, 0.05) is 29.8 Å². The third kappa shape index (κ3) is 15.5. The number of hydrogen-bond donors (Lipinski definition) is 1. The third-order valence-electron chi connectivity index (χ3n) is 4.68. The average Bonchev–Trinajstić information content (AvgIpc) is 3.10. The fourth-order valence-electron chi connectivity index (χ4n) is 3.11. The summed E-state index contributed by atoms with van der Waals surface area (Å²) < 4.78 is 0. The van der Waals surface area contributed by atoms with Crippen molar-refractivity contribution in [1.82, 2.24) is 0 Å². The monoisotopic (exact) mass is 491 g/mol. The predicted octanol–water partition coefficient (Wildman–Crippen LogP) is 8.25. The van der Waals surface area contributed by atoms with E-state index < -0.39 is 8.07 Å². The molecule has 0 unspecified atom stereocenters. The van der Waals surface area contributed by atoms with E-state index in [0.29, 0.717) is 5.75 Å². The standard InChI is InChI=1S/C16H26O.C8H13Si.2ClH.Ti/c1-3-5-7-9-14-11-15(10-8-6-4-2)13-16(17)12-14;1-9(2,3)8-6-4-5-7-8;;;/h11-13,17H,3-10H2,1-2H3;4,6H,5H2,1-3H3;2*1H;/q;-1;;;. The molecule has 166 valence electrons. The molecule has 0 heterocycles. The van der Waals surface area contributed by atoms with Crippen LogP contribution in [0.1, 0.15) is 69.9 Å². The van der Waals surface area contributed by atoms with Crippen LogP contribution >= 0.6 is 24.8 Å². The van der Waals surface area contributed by atoms with E-state index in [-0.39, 0.29) is 46.5 Å². The molecule has 0 spiro atoms. The Bertz CT molecular complexity index is 567. The first-order valence-electron chi connectivity index (χ1n) is 10.5. The summed E-state index contributed by atoms with van der Waals surface area (Å²) in [5, 5.41) is 11.2. The zero-order valence-corrected chi connectivity index (χ0v) is 23.2. The van der Waals surface area contributed by atoms with Gasteiger partial charge in [-0.15, -0.1) is 31.2 Å². The molecule has 0 amide bonds. The largest absolute Gasteiger partial charge is 0.508 e. The molecule has 1 nitrogen and oxygen atoms in total. The number of aromatic hydroxyl groups is 1. The average molecular weight is 492 g/mol. The van der Waals surface area contributed by atoms with Crippen molar-refractivity contribution in [2.75, 3.05) is 0 Å². The summed E-state index contributed by atoms with van der Waals surface area (Å²) in [7, 11) is -1.01. The summed E-state index contributed by atoms with van der Waals surface area (Å²) in [6.45, 7) is 11.5. The molecular weight excluding hydrogens is 451 g/mol. The van der Waals surface area contributed by atoms with Crippen LogP contribution in [0.5, 0.6) is 5.75 Å². The quantitative estimate of drug-likeness (QED) is 0.209. The second-order valence-electron chi connectivity index (χ2n) is 8.37. The van der Waals surface area contributed by atoms with Gasteiger partial charge in [-0.3, -0.25) is 6.08 Å². The van der Waals surface area contributed by atoms with Gasteiger partial charge >= 0.3 is 0 Å². The van der Waals surface area contributed by atoms with Crippen LogP contribution in [-0.4, -0.2) is 13.2 Å². The van der Waals surface area contributed by atoms with E-state index in [0.717, 1.165) is 19.3 Å². The number of hydrogen-bond acceptors (Lipinski definition) is 1. The number of allylic oxidation sites excluding steroid dienone is 4. The SMILES string of the molecule is CCCCCc1cc(O)cc(CCCCC)c1.C[Si](C)(C)C1=[C-]CC=C1.Cl.Cl.[Ti]. The van der Waals surface area contributed by atoms with Gasteiger partial charge in [0.1, 0.15) is 5.75 Å². The third-order valence-corrected chi connectivity index (χ3v) is 6.64. The van der Waals surface area contributed by atoms with Crippen LogP contribution < -0.4 is 0 Å². The van der Waals surface area contributed by atoms with Gasteiger partial charge in [-0.2, -0.15) is 6.08 Å². The van der Waals surface area contributed by atoms with Crippen molar-refractivity contribution in [3.63, 3.8) is 0 Å². The molecule has 1 aliphatic rings. The van der Waals surface area contributed by atoms with Crippen molar-refractivity contribution in [3.05, 3.63) is 52.8 Å². The molecule has 1 N–H and O–H groups in total. The van der Waals surface area contributed by atoms with E-state index >= 15 is 0 Å². The molecule has 5 heteroatoms. The molecule has 1 aliphatic carbocycles. The van der Waals surface area contributed by atoms with Crippen LogP contribution in [0, 0.1) is 6.08 Å². The van der Waals surface area contributed by atoms with E-state index in [9.17, 15) is 5.11 Å². The van der Waals surface area contributed by atoms with E-state index in [1.54, 1.807) is 0 Å². The van der Waals surface area contributed by atoms with Gasteiger partial charge in [-0.05, 0) is 48.9 Å². The zero-order chi connectivity index (χ0) is 19.4. The molecule has 0 aliphatic heterocycles. The summed E-state index contributed by atoms with van der Waals surface area (Å²) >= 11 is 0. The molecule has 0 fully saturated rings. The molecule has 1 aromatic carbocycles. The van der Waals surface area contributed by atoms with E-state index in [1.807, 2.05) is 12.1 Å². The first kappa shape index (κ1) is 33.6. The van der Waals surface area contributed by atoms with Gasteiger partial charge < -0.3 is 5.11 Å². The molecule has 0 saturated heterocycles. The topological polar surface area (TPSA) is 20.2 Å². The zero-order valence-electron chi connectivity index (χ0n) is 19.0. The Labute approximate surface area is 208 Å². The molecule has 2 rings (SSSR count). The summed E-state index contributed by atoms with van der Waals surface area (Å²) in [4.78, 5) is 0. The molecule has 0 aromatic heterocycles. The minimum Gasteiger partial charge on any atom is -0.508 e. The first-order chi connectivity index (χ1) is 12.4. The van der Waals surface area contributed by atoms with Gasteiger partial charge in [0.2, 0.25) is 0 Å². The first-order valence-corrected chi connectivity index (χ1v) is 14.0. The molecule has 0 saturated carbocycles. The Hall–Kier alpha value is 0.0112. The van der Waals surface area contributed by atoms with Crippen LogP contribution in [-0.2, 0) is 34.6 Å².